The number of aliphatic imine (C=N–C) groups is 1. The summed E-state index contributed by atoms with van der Waals surface area (Å²) in [5.41, 5.74) is 2.69. The molecular formula is C23H29FIN5O3. The number of ether oxygens (including phenoxy) is 3. The highest BCUT2D eigenvalue weighted by atomic mass is 127. The first-order chi connectivity index (χ1) is 15.6. The van der Waals surface area contributed by atoms with Crippen LogP contribution in [0.4, 0.5) is 4.39 Å². The van der Waals surface area contributed by atoms with Crippen LogP contribution in [-0.4, -0.2) is 50.7 Å². The second-order valence-corrected chi connectivity index (χ2v) is 6.86. The molecule has 0 unspecified atom stereocenters. The standard InChI is InChI=1S/C23H28FN5O3.HI/c1-25-23(27-15-16-13-20(30-2)22(32-4)21(14-16)31-3)26-11-9-18-10-12-29(28-18)19-7-5-17(24)6-8-19;/h5-8,10,12-14H,9,11,15H2,1-4H3,(H2,25,26,27);1H. The van der Waals surface area contributed by atoms with Crippen LogP contribution in [0.5, 0.6) is 17.2 Å². The molecule has 8 nitrogen and oxygen atoms in total. The highest BCUT2D eigenvalue weighted by Crippen LogP contribution is 2.38. The van der Waals surface area contributed by atoms with E-state index >= 15 is 0 Å². The molecule has 0 bridgehead atoms. The van der Waals surface area contributed by atoms with Crippen molar-refractivity contribution >= 4 is 29.9 Å². The molecule has 10 heteroatoms. The second-order valence-electron chi connectivity index (χ2n) is 6.86. The first-order valence-electron chi connectivity index (χ1n) is 10.1. The van der Waals surface area contributed by atoms with E-state index in [0.29, 0.717) is 42.7 Å². The summed E-state index contributed by atoms with van der Waals surface area (Å²) in [6, 6.07) is 12.0. The van der Waals surface area contributed by atoms with Crippen LogP contribution in [0.3, 0.4) is 0 Å². The molecule has 1 aromatic heterocycles. The van der Waals surface area contributed by atoms with E-state index < -0.39 is 0 Å². The van der Waals surface area contributed by atoms with E-state index in [1.165, 1.54) is 12.1 Å². The van der Waals surface area contributed by atoms with Gasteiger partial charge in [0.2, 0.25) is 5.75 Å². The van der Waals surface area contributed by atoms with E-state index in [0.717, 1.165) is 16.9 Å². The third kappa shape index (κ3) is 6.98. The average Bonchev–Trinajstić information content (AvgIpc) is 3.29. The molecule has 2 N–H and O–H groups in total. The van der Waals surface area contributed by atoms with Crippen LogP contribution in [0, 0.1) is 5.82 Å². The van der Waals surface area contributed by atoms with Crippen LogP contribution in [0.2, 0.25) is 0 Å². The van der Waals surface area contributed by atoms with Crippen LogP contribution in [-0.2, 0) is 13.0 Å². The molecule has 33 heavy (non-hydrogen) atoms. The maximum atomic E-state index is 13.1. The lowest BCUT2D eigenvalue weighted by atomic mass is 10.2. The SMILES string of the molecule is CN=C(NCCc1ccn(-c2ccc(F)cc2)n1)NCc1cc(OC)c(OC)c(OC)c1.I. The summed E-state index contributed by atoms with van der Waals surface area (Å²) < 4.78 is 31.0. The minimum absolute atomic E-state index is 0. The molecule has 0 amide bonds. The quantitative estimate of drug-likeness (QED) is 0.233. The van der Waals surface area contributed by atoms with Crippen LogP contribution >= 0.6 is 24.0 Å². The number of guanidine groups is 1. The summed E-state index contributed by atoms with van der Waals surface area (Å²) in [5, 5.41) is 11.1. The lowest BCUT2D eigenvalue weighted by Gasteiger charge is -2.15. The van der Waals surface area contributed by atoms with Crippen molar-refractivity contribution in [1.29, 1.82) is 0 Å². The number of nitrogens with one attached hydrogen (secondary N) is 2. The number of nitrogens with zero attached hydrogens (tertiary/aromatic N) is 3. The largest absolute Gasteiger partial charge is 0.493 e. The maximum absolute atomic E-state index is 13.1. The predicted molar refractivity (Wildman–Crippen MR) is 137 cm³/mol. The maximum Gasteiger partial charge on any atom is 0.203 e. The molecule has 0 aliphatic carbocycles. The van der Waals surface area contributed by atoms with E-state index in [-0.39, 0.29) is 29.8 Å². The second kappa shape index (κ2) is 12.9. The number of halogens is 2. The van der Waals surface area contributed by atoms with E-state index in [2.05, 4.69) is 20.7 Å². The number of benzene rings is 2. The Balaban J connectivity index is 0.00000385. The zero-order chi connectivity index (χ0) is 22.9. The van der Waals surface area contributed by atoms with Gasteiger partial charge in [-0.25, -0.2) is 9.07 Å². The molecular weight excluding hydrogens is 540 g/mol. The molecule has 0 radical (unpaired) electrons. The fourth-order valence-corrected chi connectivity index (χ4v) is 3.19. The molecule has 0 spiro atoms. The molecule has 0 atom stereocenters. The number of hydrogen-bond acceptors (Lipinski definition) is 5. The monoisotopic (exact) mass is 569 g/mol. The lowest BCUT2D eigenvalue weighted by Crippen LogP contribution is -2.37. The molecule has 178 valence electrons. The summed E-state index contributed by atoms with van der Waals surface area (Å²) in [6.07, 6.45) is 2.57. The Hall–Kier alpha value is -3.02. The average molecular weight is 569 g/mol. The molecule has 0 aliphatic heterocycles. The zero-order valence-electron chi connectivity index (χ0n) is 19.1. The molecule has 1 heterocycles. The van der Waals surface area contributed by atoms with Gasteiger partial charge in [-0.1, -0.05) is 0 Å². The van der Waals surface area contributed by atoms with E-state index in [1.54, 1.807) is 45.2 Å². The van der Waals surface area contributed by atoms with Crippen molar-refractivity contribution in [2.45, 2.75) is 13.0 Å². The van der Waals surface area contributed by atoms with Crippen molar-refractivity contribution in [3.05, 3.63) is 65.7 Å². The fraction of sp³-hybridized carbons (Fsp3) is 0.304. The molecule has 0 fully saturated rings. The Labute approximate surface area is 210 Å². The van der Waals surface area contributed by atoms with Crippen LogP contribution in [0.1, 0.15) is 11.3 Å². The van der Waals surface area contributed by atoms with Crippen molar-refractivity contribution in [3.8, 4) is 22.9 Å². The third-order valence-electron chi connectivity index (χ3n) is 4.82. The van der Waals surface area contributed by atoms with Crippen LogP contribution in [0.15, 0.2) is 53.7 Å². The molecule has 3 aromatic rings. The Bertz CT molecular complexity index is 1030. The van der Waals surface area contributed by atoms with Gasteiger partial charge in [0.25, 0.3) is 0 Å². The first-order valence-corrected chi connectivity index (χ1v) is 10.1. The van der Waals surface area contributed by atoms with Gasteiger partial charge in [0.1, 0.15) is 5.82 Å². The fourth-order valence-electron chi connectivity index (χ4n) is 3.19. The minimum Gasteiger partial charge on any atom is -0.493 e. The molecule has 0 saturated carbocycles. The van der Waals surface area contributed by atoms with Gasteiger partial charge in [0.05, 0.1) is 32.7 Å². The number of hydrogen-bond donors (Lipinski definition) is 2. The molecule has 0 aliphatic rings. The van der Waals surface area contributed by atoms with Gasteiger partial charge in [0.15, 0.2) is 17.5 Å². The normalized spacial score (nSPS) is 10.9. The zero-order valence-corrected chi connectivity index (χ0v) is 21.4. The summed E-state index contributed by atoms with van der Waals surface area (Å²) in [5.74, 6) is 2.15. The van der Waals surface area contributed by atoms with Gasteiger partial charge in [0, 0.05) is 32.8 Å². The summed E-state index contributed by atoms with van der Waals surface area (Å²) >= 11 is 0. The Morgan fingerprint density at radius 3 is 2.24 bits per heavy atom. The highest BCUT2D eigenvalue weighted by Gasteiger charge is 2.13. The van der Waals surface area contributed by atoms with Crippen molar-refractivity contribution in [2.24, 2.45) is 4.99 Å². The van der Waals surface area contributed by atoms with Gasteiger partial charge >= 0.3 is 0 Å². The Morgan fingerprint density at radius 2 is 1.67 bits per heavy atom. The summed E-state index contributed by atoms with van der Waals surface area (Å²) in [4.78, 5) is 4.26. The number of aromatic nitrogens is 2. The van der Waals surface area contributed by atoms with Gasteiger partial charge in [-0.3, -0.25) is 4.99 Å². The topological polar surface area (TPSA) is 81.9 Å². The van der Waals surface area contributed by atoms with Gasteiger partial charge in [-0.2, -0.15) is 5.10 Å². The van der Waals surface area contributed by atoms with E-state index in [9.17, 15) is 4.39 Å². The lowest BCUT2D eigenvalue weighted by molar-refractivity contribution is 0.323. The first kappa shape index (κ1) is 26.2. The Morgan fingerprint density at radius 1 is 1.00 bits per heavy atom. The predicted octanol–water partition coefficient (Wildman–Crippen LogP) is 3.56. The summed E-state index contributed by atoms with van der Waals surface area (Å²) in [7, 11) is 6.47. The van der Waals surface area contributed by atoms with Crippen molar-refractivity contribution in [3.63, 3.8) is 0 Å². The van der Waals surface area contributed by atoms with Crippen molar-refractivity contribution in [2.75, 3.05) is 34.9 Å². The highest BCUT2D eigenvalue weighted by molar-refractivity contribution is 14.0. The van der Waals surface area contributed by atoms with E-state index in [1.807, 2.05) is 24.4 Å². The molecule has 2 aromatic carbocycles. The van der Waals surface area contributed by atoms with Crippen LogP contribution in [0.25, 0.3) is 5.69 Å². The third-order valence-corrected chi connectivity index (χ3v) is 4.82. The molecule has 3 rings (SSSR count). The van der Waals surface area contributed by atoms with Gasteiger partial charge < -0.3 is 24.8 Å². The Kier molecular flexibility index (Phi) is 10.2. The number of rotatable bonds is 9. The van der Waals surface area contributed by atoms with Crippen molar-refractivity contribution in [1.82, 2.24) is 20.4 Å². The van der Waals surface area contributed by atoms with Gasteiger partial charge in [-0.15, -0.1) is 24.0 Å². The molecule has 0 saturated heterocycles. The van der Waals surface area contributed by atoms with Gasteiger partial charge in [-0.05, 0) is 48.0 Å². The smallest absolute Gasteiger partial charge is 0.203 e. The summed E-state index contributed by atoms with van der Waals surface area (Å²) in [6.45, 7) is 1.17. The van der Waals surface area contributed by atoms with Crippen LogP contribution < -0.4 is 24.8 Å². The van der Waals surface area contributed by atoms with Crippen molar-refractivity contribution < 1.29 is 18.6 Å². The van der Waals surface area contributed by atoms with E-state index in [4.69, 9.17) is 14.2 Å². The minimum atomic E-state index is -0.268. The number of methoxy groups -OCH3 is 3.